The molecule has 1 aromatic heterocycles. The van der Waals surface area contributed by atoms with Crippen LogP contribution in [0.3, 0.4) is 0 Å². The Morgan fingerprint density at radius 2 is 2.21 bits per heavy atom. The maximum Gasteiger partial charge on any atom is 0.0990 e. The van der Waals surface area contributed by atoms with Crippen molar-refractivity contribution in [3.8, 4) is 0 Å². The number of ether oxygens (including phenoxy) is 2. The van der Waals surface area contributed by atoms with Gasteiger partial charge >= 0.3 is 0 Å². The van der Waals surface area contributed by atoms with Gasteiger partial charge in [-0.15, -0.1) is 11.3 Å². The molecular weight excluding hydrogens is 258 g/mol. The van der Waals surface area contributed by atoms with Crippen LogP contribution in [-0.4, -0.2) is 31.4 Å². The molecule has 3 atom stereocenters. The molecule has 108 valence electrons. The molecule has 1 aliphatic rings. The number of nitrogens with one attached hydrogen (secondary N) is 1. The maximum absolute atomic E-state index is 5.99. The molecule has 0 saturated heterocycles. The highest BCUT2D eigenvalue weighted by Gasteiger charge is 2.42. The van der Waals surface area contributed by atoms with Crippen molar-refractivity contribution in [3.05, 3.63) is 22.4 Å². The summed E-state index contributed by atoms with van der Waals surface area (Å²) in [5.41, 5.74) is 0. The van der Waals surface area contributed by atoms with Crippen LogP contribution in [0.5, 0.6) is 0 Å². The first-order valence-corrected chi connectivity index (χ1v) is 8.22. The molecule has 4 heteroatoms. The van der Waals surface area contributed by atoms with Crippen molar-refractivity contribution in [1.29, 1.82) is 0 Å². The van der Waals surface area contributed by atoms with Gasteiger partial charge in [0.2, 0.25) is 0 Å². The van der Waals surface area contributed by atoms with Gasteiger partial charge in [-0.25, -0.2) is 0 Å². The number of thiophene rings is 1. The summed E-state index contributed by atoms with van der Waals surface area (Å²) in [7, 11) is 0. The number of rotatable bonds is 9. The monoisotopic (exact) mass is 283 g/mol. The van der Waals surface area contributed by atoms with Crippen molar-refractivity contribution in [2.75, 3.05) is 13.2 Å². The lowest BCUT2D eigenvalue weighted by molar-refractivity contribution is -0.151. The Morgan fingerprint density at radius 1 is 1.32 bits per heavy atom. The lowest BCUT2D eigenvalue weighted by Crippen LogP contribution is -2.60. The van der Waals surface area contributed by atoms with E-state index < -0.39 is 0 Å². The van der Waals surface area contributed by atoms with Crippen molar-refractivity contribution in [2.24, 2.45) is 0 Å². The lowest BCUT2D eigenvalue weighted by atomic mass is 9.85. The quantitative estimate of drug-likeness (QED) is 0.755. The van der Waals surface area contributed by atoms with Gasteiger partial charge in [-0.05, 0) is 37.3 Å². The van der Waals surface area contributed by atoms with Crippen LogP contribution in [0.1, 0.15) is 38.0 Å². The fourth-order valence-electron chi connectivity index (χ4n) is 2.34. The van der Waals surface area contributed by atoms with Gasteiger partial charge in [0.15, 0.2) is 0 Å². The normalized spacial score (nSPS) is 26.3. The molecule has 1 saturated carbocycles. The van der Waals surface area contributed by atoms with E-state index in [1.165, 1.54) is 4.88 Å². The van der Waals surface area contributed by atoms with Crippen molar-refractivity contribution in [3.63, 3.8) is 0 Å². The third-order valence-corrected chi connectivity index (χ3v) is 4.29. The van der Waals surface area contributed by atoms with Crippen LogP contribution in [0, 0.1) is 0 Å². The second kappa shape index (κ2) is 8.00. The molecule has 1 fully saturated rings. The van der Waals surface area contributed by atoms with Gasteiger partial charge < -0.3 is 14.8 Å². The zero-order chi connectivity index (χ0) is 13.5. The van der Waals surface area contributed by atoms with Crippen LogP contribution in [0.2, 0.25) is 0 Å². The van der Waals surface area contributed by atoms with Crippen molar-refractivity contribution in [2.45, 2.75) is 58.0 Å². The zero-order valence-corrected chi connectivity index (χ0v) is 12.7. The molecule has 2 rings (SSSR count). The largest absolute Gasteiger partial charge is 0.374 e. The van der Waals surface area contributed by atoms with Crippen molar-refractivity contribution >= 4 is 11.3 Å². The lowest BCUT2D eigenvalue weighted by Gasteiger charge is -2.44. The molecule has 0 bridgehead atoms. The smallest absolute Gasteiger partial charge is 0.0990 e. The maximum atomic E-state index is 5.99. The summed E-state index contributed by atoms with van der Waals surface area (Å²) < 4.78 is 11.9. The van der Waals surface area contributed by atoms with E-state index in [0.29, 0.717) is 6.04 Å². The van der Waals surface area contributed by atoms with Gasteiger partial charge in [0.25, 0.3) is 0 Å². The van der Waals surface area contributed by atoms with E-state index in [1.807, 2.05) is 0 Å². The van der Waals surface area contributed by atoms with E-state index in [0.717, 1.165) is 39.0 Å². The van der Waals surface area contributed by atoms with Gasteiger partial charge in [0, 0.05) is 17.5 Å². The highest BCUT2D eigenvalue weighted by Crippen LogP contribution is 2.29. The van der Waals surface area contributed by atoms with Crippen molar-refractivity contribution in [1.82, 2.24) is 5.32 Å². The predicted molar refractivity (Wildman–Crippen MR) is 79.6 cm³/mol. The van der Waals surface area contributed by atoms with E-state index in [2.05, 4.69) is 36.7 Å². The Bertz CT molecular complexity index is 342. The minimum Gasteiger partial charge on any atom is -0.374 e. The number of hydrogen-bond acceptors (Lipinski definition) is 4. The average Bonchev–Trinajstić information content (AvgIpc) is 2.90. The zero-order valence-electron chi connectivity index (χ0n) is 11.9. The van der Waals surface area contributed by atoms with Crippen molar-refractivity contribution < 1.29 is 9.47 Å². The molecule has 1 heterocycles. The van der Waals surface area contributed by atoms with Gasteiger partial charge in [0.1, 0.15) is 0 Å². The van der Waals surface area contributed by atoms with E-state index in [1.54, 1.807) is 11.3 Å². The highest BCUT2D eigenvalue weighted by atomic mass is 32.1. The fraction of sp³-hybridized carbons (Fsp3) is 0.733. The third kappa shape index (κ3) is 4.28. The highest BCUT2D eigenvalue weighted by molar-refractivity contribution is 7.09. The minimum absolute atomic E-state index is 0.228. The third-order valence-electron chi connectivity index (χ3n) is 3.44. The molecule has 3 unspecified atom stereocenters. The second-order valence-corrected chi connectivity index (χ2v) is 6.09. The summed E-state index contributed by atoms with van der Waals surface area (Å²) in [6.07, 6.45) is 3.78. The Kier molecular flexibility index (Phi) is 6.31. The molecule has 1 N–H and O–H groups in total. The van der Waals surface area contributed by atoms with Crippen LogP contribution < -0.4 is 5.32 Å². The molecule has 0 radical (unpaired) electrons. The predicted octanol–water partition coefficient (Wildman–Crippen LogP) is 3.20. The first kappa shape index (κ1) is 15.0. The SMILES string of the molecule is CCCNC1CC(OCc2cccs2)C1OCCC. The van der Waals surface area contributed by atoms with Crippen LogP contribution in [-0.2, 0) is 16.1 Å². The minimum atomic E-state index is 0.228. The molecule has 0 spiro atoms. The summed E-state index contributed by atoms with van der Waals surface area (Å²) >= 11 is 1.75. The molecule has 1 aromatic rings. The van der Waals surface area contributed by atoms with E-state index >= 15 is 0 Å². The van der Waals surface area contributed by atoms with Crippen LogP contribution in [0.25, 0.3) is 0 Å². The van der Waals surface area contributed by atoms with Gasteiger partial charge in [0.05, 0.1) is 18.8 Å². The summed E-state index contributed by atoms with van der Waals surface area (Å²) in [5, 5.41) is 5.64. The summed E-state index contributed by atoms with van der Waals surface area (Å²) in [6, 6.07) is 4.67. The first-order chi connectivity index (χ1) is 9.35. The summed E-state index contributed by atoms with van der Waals surface area (Å²) in [5.74, 6) is 0. The topological polar surface area (TPSA) is 30.5 Å². The van der Waals surface area contributed by atoms with Gasteiger partial charge in [-0.2, -0.15) is 0 Å². The Hall–Kier alpha value is -0.420. The molecule has 3 nitrogen and oxygen atoms in total. The van der Waals surface area contributed by atoms with Gasteiger partial charge in [-0.1, -0.05) is 19.9 Å². The Balaban J connectivity index is 1.75. The number of hydrogen-bond donors (Lipinski definition) is 1. The molecule has 19 heavy (non-hydrogen) atoms. The molecule has 0 amide bonds. The van der Waals surface area contributed by atoms with E-state index in [-0.39, 0.29) is 12.2 Å². The molecule has 0 aromatic carbocycles. The molecule has 0 aliphatic heterocycles. The van der Waals surface area contributed by atoms with Gasteiger partial charge in [-0.3, -0.25) is 0 Å². The first-order valence-electron chi connectivity index (χ1n) is 7.34. The molecular formula is C15H25NO2S. The van der Waals surface area contributed by atoms with E-state index in [9.17, 15) is 0 Å². The Morgan fingerprint density at radius 3 is 2.89 bits per heavy atom. The fourth-order valence-corrected chi connectivity index (χ4v) is 2.96. The average molecular weight is 283 g/mol. The summed E-state index contributed by atoms with van der Waals surface area (Å²) in [6.45, 7) is 6.95. The Labute approximate surface area is 120 Å². The van der Waals surface area contributed by atoms with Crippen LogP contribution in [0.15, 0.2) is 17.5 Å². The standard InChI is InChI=1S/C15H25NO2S/c1-3-7-16-13-10-14(15(13)17-8-4-2)18-11-12-6-5-9-19-12/h5-6,9,13-16H,3-4,7-8,10-11H2,1-2H3. The van der Waals surface area contributed by atoms with Crippen LogP contribution in [0.4, 0.5) is 0 Å². The second-order valence-electron chi connectivity index (χ2n) is 5.06. The summed E-state index contributed by atoms with van der Waals surface area (Å²) in [4.78, 5) is 1.29. The van der Waals surface area contributed by atoms with Crippen LogP contribution >= 0.6 is 11.3 Å². The van der Waals surface area contributed by atoms with E-state index in [4.69, 9.17) is 9.47 Å². The molecule has 1 aliphatic carbocycles.